The molecule has 0 atom stereocenters. The van der Waals surface area contributed by atoms with Crippen molar-refractivity contribution in [2.24, 2.45) is 0 Å². The van der Waals surface area contributed by atoms with Gasteiger partial charge in [0, 0.05) is 19.0 Å². The number of hydrogen-bond acceptors (Lipinski definition) is 2. The molecule has 1 aromatic rings. The van der Waals surface area contributed by atoms with Crippen molar-refractivity contribution in [1.29, 1.82) is 0 Å². The molecule has 0 aliphatic rings. The molecule has 1 aromatic carbocycles. The van der Waals surface area contributed by atoms with Crippen LogP contribution in [0.2, 0.25) is 0 Å². The Hall–Kier alpha value is -1.84. The maximum absolute atomic E-state index is 12.3. The molecule has 0 saturated carbocycles. The fraction of sp³-hybridized carbons (Fsp3) is 0.529. The number of aryl methyl sites for hydroxylation is 3. The molecule has 0 bridgehead atoms. The molecule has 0 aliphatic heterocycles. The van der Waals surface area contributed by atoms with Crippen LogP contribution in [0.4, 0.5) is 0 Å². The normalized spacial score (nSPS) is 10.7. The van der Waals surface area contributed by atoms with Crippen LogP contribution in [0.15, 0.2) is 18.2 Å². The highest BCUT2D eigenvalue weighted by molar-refractivity contribution is 5.77. The minimum absolute atomic E-state index is 0.00647. The third-order valence-electron chi connectivity index (χ3n) is 3.62. The zero-order valence-corrected chi connectivity index (χ0v) is 13.3. The van der Waals surface area contributed by atoms with Crippen LogP contribution in [-0.2, 0) is 16.0 Å². The molecule has 0 unspecified atom stereocenters. The van der Waals surface area contributed by atoms with E-state index in [1.54, 1.807) is 4.90 Å². The number of carbonyl (C=O) groups is 2. The van der Waals surface area contributed by atoms with Gasteiger partial charge in [-0.05, 0) is 45.2 Å². The maximum Gasteiger partial charge on any atom is 0.305 e. The minimum atomic E-state index is -0.872. The lowest BCUT2D eigenvalue weighted by Gasteiger charge is -2.26. The predicted octanol–water partition coefficient (Wildman–Crippen LogP) is 2.95. The second kappa shape index (κ2) is 7.81. The van der Waals surface area contributed by atoms with Crippen LogP contribution < -0.4 is 0 Å². The van der Waals surface area contributed by atoms with E-state index >= 15 is 0 Å². The number of nitrogens with zero attached hydrogens (tertiary/aromatic N) is 1. The average molecular weight is 291 g/mol. The Morgan fingerprint density at radius 2 is 1.86 bits per heavy atom. The van der Waals surface area contributed by atoms with E-state index in [-0.39, 0.29) is 24.9 Å². The molecule has 1 rings (SSSR count). The monoisotopic (exact) mass is 291 g/mol. The summed E-state index contributed by atoms with van der Waals surface area (Å²) in [5.41, 5.74) is 3.59. The Kier molecular flexibility index (Phi) is 6.40. The third kappa shape index (κ3) is 5.58. The van der Waals surface area contributed by atoms with Gasteiger partial charge in [0.2, 0.25) is 5.91 Å². The number of hydrogen-bond donors (Lipinski definition) is 1. The molecule has 0 heterocycles. The number of amides is 1. The van der Waals surface area contributed by atoms with Gasteiger partial charge in [0.1, 0.15) is 0 Å². The van der Waals surface area contributed by atoms with E-state index in [0.717, 1.165) is 0 Å². The van der Waals surface area contributed by atoms with Crippen molar-refractivity contribution < 1.29 is 14.7 Å². The van der Waals surface area contributed by atoms with Crippen molar-refractivity contribution in [2.45, 2.75) is 53.0 Å². The first-order chi connectivity index (χ1) is 9.81. The fourth-order valence-corrected chi connectivity index (χ4v) is 2.40. The highest BCUT2D eigenvalue weighted by Crippen LogP contribution is 2.14. The van der Waals surface area contributed by atoms with Gasteiger partial charge in [-0.3, -0.25) is 9.59 Å². The van der Waals surface area contributed by atoms with Gasteiger partial charge < -0.3 is 10.0 Å². The van der Waals surface area contributed by atoms with Gasteiger partial charge in [0.25, 0.3) is 0 Å². The molecule has 0 fully saturated rings. The molecule has 0 spiro atoms. The molecule has 116 valence electrons. The molecule has 1 N–H and O–H groups in total. The molecule has 0 aromatic heterocycles. The number of carboxylic acids is 1. The summed E-state index contributed by atoms with van der Waals surface area (Å²) in [6.07, 6.45) is 1.11. The topological polar surface area (TPSA) is 57.6 Å². The summed E-state index contributed by atoms with van der Waals surface area (Å²) in [4.78, 5) is 24.6. The Morgan fingerprint density at radius 1 is 1.19 bits per heavy atom. The first-order valence-electron chi connectivity index (χ1n) is 7.38. The van der Waals surface area contributed by atoms with Crippen molar-refractivity contribution in [2.75, 3.05) is 6.54 Å². The van der Waals surface area contributed by atoms with Crippen LogP contribution in [-0.4, -0.2) is 34.5 Å². The summed E-state index contributed by atoms with van der Waals surface area (Å²) < 4.78 is 0. The number of rotatable bonds is 7. The molecule has 4 nitrogen and oxygen atoms in total. The molecule has 0 aliphatic carbocycles. The first kappa shape index (κ1) is 17.2. The number of carboxylic acid groups (broad SMARTS) is 1. The lowest BCUT2D eigenvalue weighted by molar-refractivity contribution is -0.139. The summed E-state index contributed by atoms with van der Waals surface area (Å²) in [6, 6.07) is 6.26. The van der Waals surface area contributed by atoms with Crippen LogP contribution in [0.3, 0.4) is 0 Å². The molecular formula is C17H25NO3. The Balaban J connectivity index is 2.62. The van der Waals surface area contributed by atoms with Gasteiger partial charge >= 0.3 is 5.97 Å². The van der Waals surface area contributed by atoms with Crippen LogP contribution in [0.5, 0.6) is 0 Å². The van der Waals surface area contributed by atoms with E-state index in [9.17, 15) is 9.59 Å². The first-order valence-corrected chi connectivity index (χ1v) is 7.38. The van der Waals surface area contributed by atoms with Crippen molar-refractivity contribution in [3.8, 4) is 0 Å². The van der Waals surface area contributed by atoms with E-state index in [1.807, 2.05) is 20.8 Å². The van der Waals surface area contributed by atoms with Crippen molar-refractivity contribution in [3.05, 3.63) is 34.9 Å². The zero-order valence-electron chi connectivity index (χ0n) is 13.3. The quantitative estimate of drug-likeness (QED) is 0.840. The average Bonchev–Trinajstić information content (AvgIpc) is 2.37. The zero-order chi connectivity index (χ0) is 16.0. The van der Waals surface area contributed by atoms with Gasteiger partial charge in [-0.1, -0.05) is 23.8 Å². The van der Waals surface area contributed by atoms with E-state index < -0.39 is 5.97 Å². The van der Waals surface area contributed by atoms with Crippen molar-refractivity contribution in [1.82, 2.24) is 4.90 Å². The summed E-state index contributed by atoms with van der Waals surface area (Å²) in [5, 5.41) is 8.76. The number of carbonyl (C=O) groups excluding carboxylic acids is 1. The number of benzene rings is 1. The van der Waals surface area contributed by atoms with Crippen LogP contribution in [0.1, 0.15) is 43.4 Å². The van der Waals surface area contributed by atoms with E-state index in [1.165, 1.54) is 16.7 Å². The highest BCUT2D eigenvalue weighted by Gasteiger charge is 2.17. The van der Waals surface area contributed by atoms with Gasteiger partial charge in [-0.25, -0.2) is 0 Å². The summed E-state index contributed by atoms with van der Waals surface area (Å²) in [5.74, 6) is -0.853. The van der Waals surface area contributed by atoms with E-state index in [0.29, 0.717) is 12.8 Å². The highest BCUT2D eigenvalue weighted by atomic mass is 16.4. The standard InChI is InChI=1S/C17H25NO3/c1-12(2)18(10-9-17(20)21)16(19)8-7-15-6-5-13(3)11-14(15)4/h5-6,11-12H,7-10H2,1-4H3,(H,20,21). The Morgan fingerprint density at radius 3 is 2.38 bits per heavy atom. The van der Waals surface area contributed by atoms with Gasteiger partial charge in [0.15, 0.2) is 0 Å². The van der Waals surface area contributed by atoms with Gasteiger partial charge in [0.05, 0.1) is 6.42 Å². The Bertz CT molecular complexity index is 509. The molecular weight excluding hydrogens is 266 g/mol. The fourth-order valence-electron chi connectivity index (χ4n) is 2.40. The largest absolute Gasteiger partial charge is 0.481 e. The lowest BCUT2D eigenvalue weighted by atomic mass is 10.0. The SMILES string of the molecule is Cc1ccc(CCC(=O)N(CCC(=O)O)C(C)C)c(C)c1. The van der Waals surface area contributed by atoms with Crippen molar-refractivity contribution in [3.63, 3.8) is 0 Å². The van der Waals surface area contributed by atoms with Crippen LogP contribution >= 0.6 is 0 Å². The molecule has 21 heavy (non-hydrogen) atoms. The number of aliphatic carboxylic acids is 1. The molecule has 0 saturated heterocycles. The smallest absolute Gasteiger partial charge is 0.305 e. The second-order valence-corrected chi connectivity index (χ2v) is 5.75. The van der Waals surface area contributed by atoms with Crippen LogP contribution in [0, 0.1) is 13.8 Å². The molecule has 4 heteroatoms. The van der Waals surface area contributed by atoms with Crippen molar-refractivity contribution >= 4 is 11.9 Å². The Labute approximate surface area is 126 Å². The van der Waals surface area contributed by atoms with E-state index in [2.05, 4.69) is 25.1 Å². The van der Waals surface area contributed by atoms with Gasteiger partial charge in [-0.2, -0.15) is 0 Å². The maximum atomic E-state index is 12.3. The summed E-state index contributed by atoms with van der Waals surface area (Å²) >= 11 is 0. The van der Waals surface area contributed by atoms with Gasteiger partial charge in [-0.15, -0.1) is 0 Å². The second-order valence-electron chi connectivity index (χ2n) is 5.75. The summed E-state index contributed by atoms with van der Waals surface area (Å²) in [6.45, 7) is 8.21. The van der Waals surface area contributed by atoms with E-state index in [4.69, 9.17) is 5.11 Å². The summed E-state index contributed by atoms with van der Waals surface area (Å²) in [7, 11) is 0. The minimum Gasteiger partial charge on any atom is -0.481 e. The molecule has 1 amide bonds. The predicted molar refractivity (Wildman–Crippen MR) is 83.3 cm³/mol. The van der Waals surface area contributed by atoms with Crippen LogP contribution in [0.25, 0.3) is 0 Å². The molecule has 0 radical (unpaired) electrons. The third-order valence-corrected chi connectivity index (χ3v) is 3.62. The lowest BCUT2D eigenvalue weighted by Crippen LogP contribution is -2.38.